The second-order valence-corrected chi connectivity index (χ2v) is 12.7. The third-order valence-electron chi connectivity index (χ3n) is 9.47. The lowest BCUT2D eigenvalue weighted by atomic mass is 9.90. The summed E-state index contributed by atoms with van der Waals surface area (Å²) in [5.74, 6) is 0. The third-order valence-corrected chi connectivity index (χ3v) is 9.47. The van der Waals surface area contributed by atoms with Gasteiger partial charge < -0.3 is 4.42 Å². The van der Waals surface area contributed by atoms with Gasteiger partial charge in [-0.25, -0.2) is 0 Å². The van der Waals surface area contributed by atoms with E-state index in [0.29, 0.717) is 0 Å². The highest BCUT2D eigenvalue weighted by Gasteiger charge is 2.14. The first-order valence-electron chi connectivity index (χ1n) is 17.4. The van der Waals surface area contributed by atoms with Crippen molar-refractivity contribution >= 4 is 38.9 Å². The molecule has 51 heavy (non-hydrogen) atoms. The number of aliphatic imine (C=N–C) groups is 1. The SMILES string of the molecule is C\C=C(/C=C(\N=C(/C)c1ccccc1)c1ccc(-c2ccccc2)c(-c2cccc(-c3ccc4oc5ccccc5c4c3)c2)c1)c1ccccc1. The minimum Gasteiger partial charge on any atom is -0.456 e. The first kappa shape index (κ1) is 31.7. The van der Waals surface area contributed by atoms with Gasteiger partial charge >= 0.3 is 0 Å². The van der Waals surface area contributed by atoms with Crippen LogP contribution in [0.2, 0.25) is 0 Å². The second kappa shape index (κ2) is 14.2. The monoisotopic (exact) mass is 655 g/mol. The van der Waals surface area contributed by atoms with E-state index in [9.17, 15) is 0 Å². The standard InChI is InChI=1S/C49H37NO/c1-3-35(37-18-9-5-10-19-37)33-47(50-34(2)36-16-7-4-8-17-36)42-26-28-43(38-20-11-6-12-21-38)45(32-42)41-23-15-22-39(30-41)40-27-29-49-46(31-40)44-24-13-14-25-48(44)51-49/h3-33H,1-2H3/b35-3+,47-33-,50-34+. The number of benzene rings is 7. The molecule has 0 fully saturated rings. The molecule has 0 saturated heterocycles. The molecular formula is C49H37NO. The molecule has 0 spiro atoms. The van der Waals surface area contributed by atoms with E-state index in [4.69, 9.17) is 9.41 Å². The van der Waals surface area contributed by atoms with Crippen LogP contribution in [0.15, 0.2) is 197 Å². The summed E-state index contributed by atoms with van der Waals surface area (Å²) in [6.45, 7) is 4.17. The van der Waals surface area contributed by atoms with Crippen molar-refractivity contribution in [3.05, 3.63) is 205 Å². The largest absolute Gasteiger partial charge is 0.456 e. The zero-order valence-electron chi connectivity index (χ0n) is 28.8. The van der Waals surface area contributed by atoms with Crippen molar-refractivity contribution in [2.24, 2.45) is 4.99 Å². The van der Waals surface area contributed by atoms with Crippen LogP contribution >= 0.6 is 0 Å². The average Bonchev–Trinajstić information content (AvgIpc) is 3.58. The van der Waals surface area contributed by atoms with Gasteiger partial charge in [-0.2, -0.15) is 0 Å². The molecule has 0 aliphatic carbocycles. The van der Waals surface area contributed by atoms with E-state index >= 15 is 0 Å². The number of fused-ring (bicyclic) bond motifs is 3. The molecule has 0 atom stereocenters. The van der Waals surface area contributed by atoms with Crippen molar-refractivity contribution < 1.29 is 4.42 Å². The highest BCUT2D eigenvalue weighted by Crippen LogP contribution is 2.38. The predicted octanol–water partition coefficient (Wildman–Crippen LogP) is 13.5. The lowest BCUT2D eigenvalue weighted by Crippen LogP contribution is -1.97. The Bertz CT molecular complexity index is 2570. The van der Waals surface area contributed by atoms with Gasteiger partial charge in [0.05, 0.1) is 5.70 Å². The lowest BCUT2D eigenvalue weighted by Gasteiger charge is -2.15. The Morgan fingerprint density at radius 1 is 0.471 bits per heavy atom. The van der Waals surface area contributed by atoms with Crippen LogP contribution in [0.4, 0.5) is 0 Å². The van der Waals surface area contributed by atoms with Crippen molar-refractivity contribution in [3.63, 3.8) is 0 Å². The van der Waals surface area contributed by atoms with Crippen LogP contribution in [0.5, 0.6) is 0 Å². The Hall–Kier alpha value is -6.51. The van der Waals surface area contributed by atoms with Crippen molar-refractivity contribution in [2.45, 2.75) is 13.8 Å². The zero-order chi connectivity index (χ0) is 34.6. The van der Waals surface area contributed by atoms with Gasteiger partial charge in [0.2, 0.25) is 0 Å². The molecule has 0 saturated carbocycles. The minimum atomic E-state index is 0.900. The van der Waals surface area contributed by atoms with Crippen molar-refractivity contribution in [1.82, 2.24) is 0 Å². The summed E-state index contributed by atoms with van der Waals surface area (Å²) in [6.07, 6.45) is 4.37. The van der Waals surface area contributed by atoms with E-state index in [0.717, 1.165) is 77.9 Å². The van der Waals surface area contributed by atoms with Gasteiger partial charge in [0.15, 0.2) is 0 Å². The molecule has 8 aromatic rings. The van der Waals surface area contributed by atoms with Gasteiger partial charge in [-0.05, 0) is 100 Å². The maximum atomic E-state index is 6.14. The molecule has 0 N–H and O–H groups in total. The Kier molecular flexibility index (Phi) is 8.81. The number of nitrogens with zero attached hydrogens (tertiary/aromatic N) is 1. The van der Waals surface area contributed by atoms with Gasteiger partial charge in [-0.3, -0.25) is 4.99 Å². The zero-order valence-corrected chi connectivity index (χ0v) is 28.8. The molecule has 244 valence electrons. The molecule has 0 amide bonds. The van der Waals surface area contributed by atoms with Crippen LogP contribution in [0.3, 0.4) is 0 Å². The first-order valence-corrected chi connectivity index (χ1v) is 17.4. The predicted molar refractivity (Wildman–Crippen MR) is 217 cm³/mol. The summed E-state index contributed by atoms with van der Waals surface area (Å²) in [4.78, 5) is 5.31. The summed E-state index contributed by atoms with van der Waals surface area (Å²) in [5, 5.41) is 2.26. The van der Waals surface area contributed by atoms with E-state index in [1.54, 1.807) is 0 Å². The van der Waals surface area contributed by atoms with Crippen molar-refractivity contribution in [1.29, 1.82) is 0 Å². The fraction of sp³-hybridized carbons (Fsp3) is 0.0408. The summed E-state index contributed by atoms with van der Waals surface area (Å²) in [5.41, 5.74) is 15.0. The maximum Gasteiger partial charge on any atom is 0.135 e. The minimum absolute atomic E-state index is 0.900. The quantitative estimate of drug-likeness (QED) is 0.118. The van der Waals surface area contributed by atoms with Gasteiger partial charge in [0, 0.05) is 22.0 Å². The molecule has 7 aromatic carbocycles. The van der Waals surface area contributed by atoms with E-state index in [1.807, 2.05) is 18.2 Å². The van der Waals surface area contributed by atoms with Gasteiger partial charge in [0.1, 0.15) is 11.2 Å². The maximum absolute atomic E-state index is 6.14. The lowest BCUT2D eigenvalue weighted by molar-refractivity contribution is 0.669. The number of allylic oxidation sites excluding steroid dienone is 3. The molecule has 0 radical (unpaired) electrons. The highest BCUT2D eigenvalue weighted by atomic mass is 16.3. The smallest absolute Gasteiger partial charge is 0.135 e. The van der Waals surface area contributed by atoms with E-state index in [1.165, 1.54) is 11.1 Å². The normalized spacial score (nSPS) is 12.5. The van der Waals surface area contributed by atoms with Crippen LogP contribution in [0.1, 0.15) is 30.5 Å². The highest BCUT2D eigenvalue weighted by molar-refractivity contribution is 6.06. The number of para-hydroxylation sites is 1. The van der Waals surface area contributed by atoms with Gasteiger partial charge in [0.25, 0.3) is 0 Å². The first-order chi connectivity index (χ1) is 25.1. The van der Waals surface area contributed by atoms with Gasteiger partial charge in [-0.15, -0.1) is 0 Å². The Morgan fingerprint density at radius 2 is 1.10 bits per heavy atom. The fourth-order valence-electron chi connectivity index (χ4n) is 6.80. The molecule has 0 aliphatic rings. The molecule has 2 nitrogen and oxygen atoms in total. The fourth-order valence-corrected chi connectivity index (χ4v) is 6.80. The van der Waals surface area contributed by atoms with Crippen LogP contribution in [0.25, 0.3) is 66.6 Å². The van der Waals surface area contributed by atoms with Crippen LogP contribution in [-0.4, -0.2) is 5.71 Å². The Morgan fingerprint density at radius 3 is 1.86 bits per heavy atom. The Balaban J connectivity index is 1.29. The Labute approximate surface area is 299 Å². The molecule has 0 bridgehead atoms. The topological polar surface area (TPSA) is 25.5 Å². The van der Waals surface area contributed by atoms with Crippen LogP contribution in [-0.2, 0) is 0 Å². The number of rotatable bonds is 8. The number of hydrogen-bond acceptors (Lipinski definition) is 2. The summed E-state index contributed by atoms with van der Waals surface area (Å²) in [6, 6.07) is 61.9. The van der Waals surface area contributed by atoms with Crippen molar-refractivity contribution in [2.75, 3.05) is 0 Å². The van der Waals surface area contributed by atoms with Crippen LogP contribution in [0, 0.1) is 0 Å². The molecule has 1 heterocycles. The average molecular weight is 656 g/mol. The number of furan rings is 1. The summed E-state index contributed by atoms with van der Waals surface area (Å²) < 4.78 is 6.14. The molecule has 0 unspecified atom stereocenters. The number of hydrogen-bond donors (Lipinski definition) is 0. The second-order valence-electron chi connectivity index (χ2n) is 12.7. The molecular weight excluding hydrogens is 619 g/mol. The third kappa shape index (κ3) is 6.60. The molecule has 2 heteroatoms. The van der Waals surface area contributed by atoms with Crippen LogP contribution < -0.4 is 0 Å². The van der Waals surface area contributed by atoms with Crippen molar-refractivity contribution in [3.8, 4) is 33.4 Å². The summed E-state index contributed by atoms with van der Waals surface area (Å²) in [7, 11) is 0. The summed E-state index contributed by atoms with van der Waals surface area (Å²) >= 11 is 0. The molecule has 1 aromatic heterocycles. The molecule has 0 aliphatic heterocycles. The van der Waals surface area contributed by atoms with E-state index < -0.39 is 0 Å². The van der Waals surface area contributed by atoms with Gasteiger partial charge in [-0.1, -0.05) is 152 Å². The molecule has 8 rings (SSSR count). The van der Waals surface area contributed by atoms with E-state index in [2.05, 4.69) is 184 Å². The van der Waals surface area contributed by atoms with E-state index in [-0.39, 0.29) is 0 Å².